The number of ether oxygens (including phenoxy) is 1. The van der Waals surface area contributed by atoms with Gasteiger partial charge in [0.1, 0.15) is 24.0 Å². The Kier molecular flexibility index (Phi) is 5.63. The molecule has 134 valence electrons. The number of aryl methyl sites for hydroxylation is 1. The van der Waals surface area contributed by atoms with Crippen molar-refractivity contribution in [3.8, 4) is 5.75 Å². The van der Waals surface area contributed by atoms with Crippen molar-refractivity contribution in [2.45, 2.75) is 13.0 Å². The van der Waals surface area contributed by atoms with Crippen LogP contribution in [-0.2, 0) is 20.1 Å². The first-order valence-electron chi connectivity index (χ1n) is 8.33. The van der Waals surface area contributed by atoms with E-state index in [-0.39, 0.29) is 11.7 Å². The van der Waals surface area contributed by atoms with E-state index < -0.39 is 0 Å². The van der Waals surface area contributed by atoms with Gasteiger partial charge < -0.3 is 14.6 Å². The van der Waals surface area contributed by atoms with Crippen LogP contribution in [0.15, 0.2) is 60.9 Å². The molecule has 5 nitrogen and oxygen atoms in total. The summed E-state index contributed by atoms with van der Waals surface area (Å²) in [4.78, 5) is 16.5. The van der Waals surface area contributed by atoms with Gasteiger partial charge >= 0.3 is 0 Å². The number of benzene rings is 2. The van der Waals surface area contributed by atoms with Crippen LogP contribution in [0.2, 0.25) is 0 Å². The van der Waals surface area contributed by atoms with Crippen molar-refractivity contribution in [3.05, 3.63) is 83.7 Å². The van der Waals surface area contributed by atoms with Crippen LogP contribution in [0.5, 0.6) is 5.75 Å². The van der Waals surface area contributed by atoms with E-state index in [1.807, 2.05) is 17.8 Å². The molecule has 0 spiro atoms. The Morgan fingerprint density at radius 3 is 2.77 bits per heavy atom. The molecule has 3 rings (SSSR count). The minimum absolute atomic E-state index is 0.161. The van der Waals surface area contributed by atoms with E-state index in [2.05, 4.69) is 10.3 Å². The number of amides is 1. The molecule has 26 heavy (non-hydrogen) atoms. The second-order valence-corrected chi connectivity index (χ2v) is 5.90. The topological polar surface area (TPSA) is 56.2 Å². The van der Waals surface area contributed by atoms with Gasteiger partial charge in [-0.3, -0.25) is 4.79 Å². The van der Waals surface area contributed by atoms with E-state index in [1.165, 1.54) is 12.1 Å². The molecule has 3 aromatic rings. The Balaban J connectivity index is 1.53. The highest BCUT2D eigenvalue weighted by Crippen LogP contribution is 2.15. The fourth-order valence-corrected chi connectivity index (χ4v) is 2.50. The molecular weight excluding hydrogens is 333 g/mol. The third-order valence-corrected chi connectivity index (χ3v) is 3.97. The molecule has 0 saturated heterocycles. The maximum absolute atomic E-state index is 12.9. The molecule has 0 atom stereocenters. The van der Waals surface area contributed by atoms with Gasteiger partial charge in [-0.25, -0.2) is 9.37 Å². The Bertz CT molecular complexity index is 875. The number of halogens is 1. The van der Waals surface area contributed by atoms with Gasteiger partial charge in [0.25, 0.3) is 5.91 Å². The number of nitrogens with zero attached hydrogens (tertiary/aromatic N) is 2. The second-order valence-electron chi connectivity index (χ2n) is 5.90. The number of rotatable bonds is 7. The van der Waals surface area contributed by atoms with E-state index in [1.54, 1.807) is 42.6 Å². The molecule has 0 aliphatic carbocycles. The Morgan fingerprint density at radius 1 is 1.23 bits per heavy atom. The first-order chi connectivity index (χ1) is 12.6. The summed E-state index contributed by atoms with van der Waals surface area (Å²) in [6.45, 7) is 0.814. The molecule has 6 heteroatoms. The van der Waals surface area contributed by atoms with Crippen molar-refractivity contribution < 1.29 is 13.9 Å². The molecule has 0 aliphatic heterocycles. The maximum Gasteiger partial charge on any atom is 0.251 e. The summed E-state index contributed by atoms with van der Waals surface area (Å²) in [6, 6.07) is 13.1. The highest BCUT2D eigenvalue weighted by molar-refractivity contribution is 5.94. The summed E-state index contributed by atoms with van der Waals surface area (Å²) >= 11 is 0. The van der Waals surface area contributed by atoms with Crippen molar-refractivity contribution in [2.75, 3.05) is 6.54 Å². The van der Waals surface area contributed by atoms with E-state index in [0.717, 1.165) is 11.4 Å². The zero-order valence-electron chi connectivity index (χ0n) is 14.5. The molecule has 2 aromatic carbocycles. The van der Waals surface area contributed by atoms with Crippen molar-refractivity contribution >= 4 is 5.91 Å². The molecule has 0 fully saturated rings. The van der Waals surface area contributed by atoms with Crippen LogP contribution in [-0.4, -0.2) is 22.0 Å². The Labute approximate surface area is 151 Å². The third-order valence-electron chi connectivity index (χ3n) is 3.97. The van der Waals surface area contributed by atoms with Crippen LogP contribution < -0.4 is 10.1 Å². The number of nitrogens with one attached hydrogen (secondary N) is 1. The molecule has 1 heterocycles. The second kappa shape index (κ2) is 8.29. The Morgan fingerprint density at radius 2 is 2.04 bits per heavy atom. The smallest absolute Gasteiger partial charge is 0.251 e. The lowest BCUT2D eigenvalue weighted by Gasteiger charge is -2.09. The van der Waals surface area contributed by atoms with Crippen LogP contribution >= 0.6 is 0 Å². The largest absolute Gasteiger partial charge is 0.489 e. The minimum Gasteiger partial charge on any atom is -0.489 e. The fraction of sp³-hybridized carbons (Fsp3) is 0.200. The van der Waals surface area contributed by atoms with E-state index >= 15 is 0 Å². The average Bonchev–Trinajstić information content (AvgIpc) is 3.06. The van der Waals surface area contributed by atoms with Gasteiger partial charge in [0.2, 0.25) is 0 Å². The molecule has 0 unspecified atom stereocenters. The molecule has 0 saturated carbocycles. The van der Waals surface area contributed by atoms with Gasteiger partial charge in [0, 0.05) is 38.0 Å². The molecule has 0 bridgehead atoms. The number of hydrogen-bond donors (Lipinski definition) is 1. The normalized spacial score (nSPS) is 10.5. The quantitative estimate of drug-likeness (QED) is 0.710. The molecule has 0 aliphatic rings. The predicted octanol–water partition coefficient (Wildman–Crippen LogP) is 3.11. The molecule has 0 radical (unpaired) electrons. The number of carbonyl (C=O) groups is 1. The van der Waals surface area contributed by atoms with Crippen LogP contribution in [0.25, 0.3) is 0 Å². The van der Waals surface area contributed by atoms with Gasteiger partial charge in [-0.15, -0.1) is 0 Å². The van der Waals surface area contributed by atoms with E-state index in [0.29, 0.717) is 30.9 Å². The summed E-state index contributed by atoms with van der Waals surface area (Å²) in [5.41, 5.74) is 1.39. The molecule has 1 aromatic heterocycles. The zero-order valence-corrected chi connectivity index (χ0v) is 14.5. The fourth-order valence-electron chi connectivity index (χ4n) is 2.50. The van der Waals surface area contributed by atoms with Gasteiger partial charge in [-0.2, -0.15) is 0 Å². The van der Waals surface area contributed by atoms with Crippen molar-refractivity contribution in [2.24, 2.45) is 7.05 Å². The van der Waals surface area contributed by atoms with Crippen LogP contribution in [0, 0.1) is 5.82 Å². The van der Waals surface area contributed by atoms with Gasteiger partial charge in [-0.1, -0.05) is 18.2 Å². The van der Waals surface area contributed by atoms with Crippen molar-refractivity contribution in [3.63, 3.8) is 0 Å². The highest BCUT2D eigenvalue weighted by Gasteiger charge is 2.07. The number of aromatic nitrogens is 2. The lowest BCUT2D eigenvalue weighted by molar-refractivity contribution is 0.0953. The first-order valence-corrected chi connectivity index (χ1v) is 8.33. The number of hydrogen-bond acceptors (Lipinski definition) is 3. The first kappa shape index (κ1) is 17.7. The summed E-state index contributed by atoms with van der Waals surface area (Å²) < 4.78 is 20.5. The van der Waals surface area contributed by atoms with E-state index in [9.17, 15) is 9.18 Å². The summed E-state index contributed by atoms with van der Waals surface area (Å²) in [7, 11) is 1.92. The van der Waals surface area contributed by atoms with Gasteiger partial charge in [0.05, 0.1) is 0 Å². The standard InChI is InChI=1S/C20H20FN3O2/c1-24-12-11-22-19(24)9-10-23-20(25)16-3-2-4-18(13-16)26-14-15-5-7-17(21)8-6-15/h2-8,11-13H,9-10,14H2,1H3,(H,23,25). The lowest BCUT2D eigenvalue weighted by Crippen LogP contribution is -2.26. The van der Waals surface area contributed by atoms with E-state index in [4.69, 9.17) is 4.74 Å². The van der Waals surface area contributed by atoms with Crippen molar-refractivity contribution in [1.29, 1.82) is 0 Å². The third kappa shape index (κ3) is 4.69. The lowest BCUT2D eigenvalue weighted by atomic mass is 10.2. The Hall–Kier alpha value is -3.15. The maximum atomic E-state index is 12.9. The summed E-state index contributed by atoms with van der Waals surface area (Å²) in [6.07, 6.45) is 4.27. The average molecular weight is 353 g/mol. The van der Waals surface area contributed by atoms with Crippen LogP contribution in [0.1, 0.15) is 21.7 Å². The number of carbonyl (C=O) groups excluding carboxylic acids is 1. The number of imidazole rings is 1. The molecular formula is C20H20FN3O2. The van der Waals surface area contributed by atoms with Crippen LogP contribution in [0.4, 0.5) is 4.39 Å². The van der Waals surface area contributed by atoms with Gasteiger partial charge in [0.15, 0.2) is 0 Å². The zero-order chi connectivity index (χ0) is 18.4. The highest BCUT2D eigenvalue weighted by atomic mass is 19.1. The molecule has 1 N–H and O–H groups in total. The predicted molar refractivity (Wildman–Crippen MR) is 96.4 cm³/mol. The SMILES string of the molecule is Cn1ccnc1CCNC(=O)c1cccc(OCc2ccc(F)cc2)c1. The monoisotopic (exact) mass is 353 g/mol. The summed E-state index contributed by atoms with van der Waals surface area (Å²) in [5.74, 6) is 1.07. The van der Waals surface area contributed by atoms with Gasteiger partial charge in [-0.05, 0) is 35.9 Å². The molecule has 1 amide bonds. The minimum atomic E-state index is -0.280. The van der Waals surface area contributed by atoms with Crippen molar-refractivity contribution in [1.82, 2.24) is 14.9 Å². The summed E-state index contributed by atoms with van der Waals surface area (Å²) in [5, 5.41) is 2.88. The van der Waals surface area contributed by atoms with Crippen LogP contribution in [0.3, 0.4) is 0 Å².